The molecular weight excluding hydrogens is 291 g/mol. The van der Waals surface area contributed by atoms with Gasteiger partial charge in [0, 0.05) is 12.8 Å². The molecule has 0 heterocycles. The number of rotatable bonds is 9. The fourth-order valence-electron chi connectivity index (χ4n) is 1.96. The third kappa shape index (κ3) is 6.85. The Bertz CT molecular complexity index is 547. The van der Waals surface area contributed by atoms with Crippen molar-refractivity contribution in [2.24, 2.45) is 0 Å². The number of unbranched alkanes of at least 4 members (excludes halogenated alkanes) is 2. The van der Waals surface area contributed by atoms with Gasteiger partial charge in [-0.05, 0) is 44.4 Å². The summed E-state index contributed by atoms with van der Waals surface area (Å²) >= 11 is 0. The number of ketones is 1. The maximum atomic E-state index is 12.7. The summed E-state index contributed by atoms with van der Waals surface area (Å²) in [6, 6.07) is 5.92. The predicted octanol–water partition coefficient (Wildman–Crippen LogP) is 3.32. The maximum Gasteiger partial charge on any atom is 0.152 e. The van der Waals surface area contributed by atoms with Crippen molar-refractivity contribution in [3.63, 3.8) is 0 Å². The number of Topliss-reactive ketones (excluding diaryl/α,β-unsaturated/α-hetero) is 1. The number of sulfone groups is 1. The van der Waals surface area contributed by atoms with Crippen LogP contribution in [0.2, 0.25) is 0 Å². The molecule has 5 heteroatoms. The zero-order valence-electron chi connectivity index (χ0n) is 12.6. The first kappa shape index (κ1) is 17.8. The first-order chi connectivity index (χ1) is 9.81. The Kier molecular flexibility index (Phi) is 7.02. The zero-order valence-corrected chi connectivity index (χ0v) is 13.5. The molecule has 0 aliphatic heterocycles. The van der Waals surface area contributed by atoms with E-state index < -0.39 is 9.84 Å². The highest BCUT2D eigenvalue weighted by Crippen LogP contribution is 2.10. The molecule has 0 spiro atoms. The molecule has 0 N–H and O–H groups in total. The van der Waals surface area contributed by atoms with Gasteiger partial charge in [-0.1, -0.05) is 18.6 Å². The molecule has 0 bridgehead atoms. The zero-order chi connectivity index (χ0) is 15.9. The molecular formula is C16H23FO3S. The number of hydrogen-bond acceptors (Lipinski definition) is 3. The van der Waals surface area contributed by atoms with E-state index in [1.54, 1.807) is 26.0 Å². The normalized spacial score (nSPS) is 11.8. The number of hydrogen-bond donors (Lipinski definition) is 0. The molecule has 0 radical (unpaired) electrons. The van der Waals surface area contributed by atoms with Gasteiger partial charge >= 0.3 is 0 Å². The van der Waals surface area contributed by atoms with E-state index in [1.165, 1.54) is 12.1 Å². The van der Waals surface area contributed by atoms with Crippen LogP contribution in [0.15, 0.2) is 24.3 Å². The second-order valence-corrected chi connectivity index (χ2v) is 8.25. The van der Waals surface area contributed by atoms with Gasteiger partial charge in [0.1, 0.15) is 11.6 Å². The van der Waals surface area contributed by atoms with Crippen LogP contribution in [0.5, 0.6) is 0 Å². The fourth-order valence-corrected chi connectivity index (χ4v) is 3.03. The van der Waals surface area contributed by atoms with Crippen LogP contribution in [0.3, 0.4) is 0 Å². The molecule has 0 fully saturated rings. The Morgan fingerprint density at radius 2 is 1.71 bits per heavy atom. The van der Waals surface area contributed by atoms with Gasteiger partial charge < -0.3 is 0 Å². The first-order valence-corrected chi connectivity index (χ1v) is 9.00. The molecule has 0 atom stereocenters. The minimum absolute atomic E-state index is 0.105. The highest BCUT2D eigenvalue weighted by molar-refractivity contribution is 7.91. The van der Waals surface area contributed by atoms with Crippen molar-refractivity contribution in [1.82, 2.24) is 0 Å². The van der Waals surface area contributed by atoms with Crippen molar-refractivity contribution in [2.45, 2.75) is 51.2 Å². The second kappa shape index (κ2) is 8.27. The summed E-state index contributed by atoms with van der Waals surface area (Å²) in [4.78, 5) is 11.8. The Morgan fingerprint density at radius 3 is 2.29 bits per heavy atom. The van der Waals surface area contributed by atoms with Gasteiger partial charge in [-0.15, -0.1) is 0 Å². The maximum absolute atomic E-state index is 12.7. The molecule has 0 aromatic heterocycles. The molecule has 1 aromatic rings. The van der Waals surface area contributed by atoms with Gasteiger partial charge in [0.15, 0.2) is 9.84 Å². The van der Waals surface area contributed by atoms with E-state index in [-0.39, 0.29) is 22.6 Å². The molecule has 0 aliphatic carbocycles. The lowest BCUT2D eigenvalue weighted by Gasteiger charge is -2.07. The van der Waals surface area contributed by atoms with Crippen LogP contribution in [-0.4, -0.2) is 25.2 Å². The smallest absolute Gasteiger partial charge is 0.152 e. The Labute approximate surface area is 126 Å². The summed E-state index contributed by atoms with van der Waals surface area (Å²) in [5.74, 6) is -0.0116. The number of carbonyl (C=O) groups is 1. The predicted molar refractivity (Wildman–Crippen MR) is 82.5 cm³/mol. The van der Waals surface area contributed by atoms with Crippen LogP contribution in [0.25, 0.3) is 0 Å². The topological polar surface area (TPSA) is 51.2 Å². The molecule has 0 aliphatic rings. The van der Waals surface area contributed by atoms with Gasteiger partial charge in [-0.25, -0.2) is 12.8 Å². The van der Waals surface area contributed by atoms with E-state index >= 15 is 0 Å². The van der Waals surface area contributed by atoms with E-state index in [1.807, 2.05) is 0 Å². The lowest BCUT2D eigenvalue weighted by atomic mass is 10.0. The van der Waals surface area contributed by atoms with Gasteiger partial charge in [0.2, 0.25) is 0 Å². The summed E-state index contributed by atoms with van der Waals surface area (Å²) < 4.78 is 35.9. The van der Waals surface area contributed by atoms with Gasteiger partial charge in [0.25, 0.3) is 0 Å². The fraction of sp³-hybridized carbons (Fsp3) is 0.562. The Hall–Kier alpha value is -1.23. The molecule has 0 unspecified atom stereocenters. The number of halogens is 1. The second-order valence-electron chi connectivity index (χ2n) is 5.57. The minimum Gasteiger partial charge on any atom is -0.299 e. The third-order valence-corrected chi connectivity index (χ3v) is 5.71. The summed E-state index contributed by atoms with van der Waals surface area (Å²) in [5, 5.41) is -0.336. The van der Waals surface area contributed by atoms with Crippen molar-refractivity contribution in [2.75, 3.05) is 5.75 Å². The van der Waals surface area contributed by atoms with Crippen molar-refractivity contribution < 1.29 is 17.6 Å². The first-order valence-electron chi connectivity index (χ1n) is 7.29. The molecule has 0 amide bonds. The monoisotopic (exact) mass is 314 g/mol. The van der Waals surface area contributed by atoms with Crippen molar-refractivity contribution in [3.8, 4) is 0 Å². The van der Waals surface area contributed by atoms with Gasteiger partial charge in [-0.3, -0.25) is 4.79 Å². The van der Waals surface area contributed by atoms with Crippen LogP contribution in [-0.2, 0) is 21.1 Å². The highest BCUT2D eigenvalue weighted by atomic mass is 32.2. The van der Waals surface area contributed by atoms with Crippen LogP contribution in [0.1, 0.15) is 45.1 Å². The van der Waals surface area contributed by atoms with Gasteiger partial charge in [-0.2, -0.15) is 0 Å². The van der Waals surface area contributed by atoms with Crippen molar-refractivity contribution >= 4 is 15.6 Å². The average Bonchev–Trinajstić information content (AvgIpc) is 2.40. The van der Waals surface area contributed by atoms with Crippen LogP contribution in [0.4, 0.5) is 4.39 Å². The quantitative estimate of drug-likeness (QED) is 0.657. The Morgan fingerprint density at radius 1 is 1.10 bits per heavy atom. The molecule has 3 nitrogen and oxygen atoms in total. The Balaban J connectivity index is 2.21. The van der Waals surface area contributed by atoms with Gasteiger partial charge in [0.05, 0.1) is 11.0 Å². The highest BCUT2D eigenvalue weighted by Gasteiger charge is 2.15. The lowest BCUT2D eigenvalue weighted by Crippen LogP contribution is -2.17. The third-order valence-electron chi connectivity index (χ3n) is 3.42. The van der Waals surface area contributed by atoms with E-state index in [4.69, 9.17) is 0 Å². The summed E-state index contributed by atoms with van der Waals surface area (Å²) in [5.41, 5.74) is 0.809. The molecule has 0 saturated heterocycles. The largest absolute Gasteiger partial charge is 0.299 e. The molecule has 21 heavy (non-hydrogen) atoms. The molecule has 1 rings (SSSR count). The van der Waals surface area contributed by atoms with E-state index in [2.05, 4.69) is 0 Å². The van der Waals surface area contributed by atoms with Crippen LogP contribution in [0, 0.1) is 5.82 Å². The average molecular weight is 314 g/mol. The molecule has 118 valence electrons. The van der Waals surface area contributed by atoms with Crippen LogP contribution >= 0.6 is 0 Å². The van der Waals surface area contributed by atoms with E-state index in [0.29, 0.717) is 25.7 Å². The van der Waals surface area contributed by atoms with Crippen molar-refractivity contribution in [3.05, 3.63) is 35.6 Å². The number of carbonyl (C=O) groups excluding carboxylic acids is 1. The standard InChI is InChI=1S/C16H23FO3S/c1-13(2)21(19,20)11-5-3-4-6-16(18)12-14-7-9-15(17)10-8-14/h7-10,13H,3-6,11-12H2,1-2H3. The molecule has 0 saturated carbocycles. The summed E-state index contributed by atoms with van der Waals surface area (Å²) in [7, 11) is -2.97. The minimum atomic E-state index is -2.97. The lowest BCUT2D eigenvalue weighted by molar-refractivity contribution is -0.118. The summed E-state index contributed by atoms with van der Waals surface area (Å²) in [6.45, 7) is 3.36. The van der Waals surface area contributed by atoms with Crippen molar-refractivity contribution in [1.29, 1.82) is 0 Å². The summed E-state index contributed by atoms with van der Waals surface area (Å²) in [6.07, 6.45) is 2.79. The number of benzene rings is 1. The van der Waals surface area contributed by atoms with Crippen LogP contribution < -0.4 is 0 Å². The van der Waals surface area contributed by atoms with E-state index in [0.717, 1.165) is 12.0 Å². The molecule has 1 aromatic carbocycles. The SMILES string of the molecule is CC(C)S(=O)(=O)CCCCCC(=O)Cc1ccc(F)cc1. The van der Waals surface area contributed by atoms with E-state index in [9.17, 15) is 17.6 Å².